The number of benzene rings is 1. The van der Waals surface area contributed by atoms with Gasteiger partial charge in [0.1, 0.15) is 5.75 Å². The van der Waals surface area contributed by atoms with E-state index < -0.39 is 0 Å². The van der Waals surface area contributed by atoms with Crippen LogP contribution in [0.3, 0.4) is 0 Å². The van der Waals surface area contributed by atoms with Gasteiger partial charge >= 0.3 is 0 Å². The van der Waals surface area contributed by atoms with Crippen LogP contribution in [0.2, 0.25) is 0 Å². The third-order valence-corrected chi connectivity index (χ3v) is 2.18. The number of phenolic OH excluding ortho intramolecular Hbond substituents is 1. The quantitative estimate of drug-likeness (QED) is 0.603. The molecule has 1 N–H and O–H groups in total. The molecule has 0 aliphatic rings. The van der Waals surface area contributed by atoms with Crippen molar-refractivity contribution in [2.45, 2.75) is 6.42 Å². The first-order valence-corrected chi connectivity index (χ1v) is 4.65. The second kappa shape index (κ2) is 5.29. The molecule has 0 saturated carbocycles. The maximum atomic E-state index is 11.3. The van der Waals surface area contributed by atoms with Gasteiger partial charge in [0.2, 0.25) is 0 Å². The fourth-order valence-electron chi connectivity index (χ4n) is 1.30. The highest BCUT2D eigenvalue weighted by atomic mass is 16.5. The first-order valence-electron chi connectivity index (χ1n) is 4.65. The topological polar surface area (TPSA) is 46.5 Å². The van der Waals surface area contributed by atoms with E-state index in [1.807, 2.05) is 0 Å². The van der Waals surface area contributed by atoms with E-state index in [1.165, 1.54) is 7.11 Å². The van der Waals surface area contributed by atoms with E-state index in [1.54, 1.807) is 30.7 Å². The lowest BCUT2D eigenvalue weighted by atomic mass is 9.97. The van der Waals surface area contributed by atoms with Crippen molar-refractivity contribution in [2.75, 3.05) is 7.11 Å². The van der Waals surface area contributed by atoms with Gasteiger partial charge in [-0.2, -0.15) is 0 Å². The Kier molecular flexibility index (Phi) is 4.03. The van der Waals surface area contributed by atoms with Crippen LogP contribution in [0.4, 0.5) is 0 Å². The zero-order valence-electron chi connectivity index (χ0n) is 8.64. The molecule has 1 atom stereocenters. The lowest BCUT2D eigenvalue weighted by Gasteiger charge is -2.15. The molecule has 1 aromatic rings. The fraction of sp³-hybridized carbons (Fsp3) is 0.250. The number of hydrogen-bond acceptors (Lipinski definition) is 3. The van der Waals surface area contributed by atoms with Crippen molar-refractivity contribution in [3.05, 3.63) is 43.2 Å². The number of methoxy groups -OCH3 is 1. The summed E-state index contributed by atoms with van der Waals surface area (Å²) in [5.41, 5.74) is 0.961. The van der Waals surface area contributed by atoms with Crippen molar-refractivity contribution in [2.24, 2.45) is 5.92 Å². The van der Waals surface area contributed by atoms with Gasteiger partial charge < -0.3 is 9.84 Å². The Hall–Kier alpha value is -1.64. The van der Waals surface area contributed by atoms with Gasteiger partial charge in [-0.3, -0.25) is 4.79 Å². The number of carbonyl (C=O) groups excluding carboxylic acids is 1. The van der Waals surface area contributed by atoms with Crippen molar-refractivity contribution >= 4 is 5.97 Å². The number of esters is 1. The summed E-state index contributed by atoms with van der Waals surface area (Å²) in [7, 11) is 1.36. The molecule has 80 valence electrons. The Morgan fingerprint density at radius 1 is 1.53 bits per heavy atom. The molecule has 0 amide bonds. The normalized spacial score (nSPS) is 12.1. The predicted molar refractivity (Wildman–Crippen MR) is 57.0 cm³/mol. The van der Waals surface area contributed by atoms with Gasteiger partial charge in [0.25, 0.3) is 5.97 Å². The van der Waals surface area contributed by atoms with Crippen molar-refractivity contribution in [3.63, 3.8) is 0 Å². The zero-order valence-corrected chi connectivity index (χ0v) is 8.64. The van der Waals surface area contributed by atoms with E-state index in [2.05, 4.69) is 11.7 Å². The van der Waals surface area contributed by atoms with Crippen LogP contribution in [-0.4, -0.2) is 18.2 Å². The summed E-state index contributed by atoms with van der Waals surface area (Å²) in [5.74, 6) is -0.412. The molecular weight excluding hydrogens is 192 g/mol. The molecule has 0 bridgehead atoms. The summed E-state index contributed by atoms with van der Waals surface area (Å²) in [4.78, 5) is 11.3. The molecule has 0 aliphatic carbocycles. The van der Waals surface area contributed by atoms with E-state index in [9.17, 15) is 4.79 Å². The van der Waals surface area contributed by atoms with E-state index >= 15 is 0 Å². The molecule has 0 fully saturated rings. The van der Waals surface area contributed by atoms with Gasteiger partial charge in [-0.25, -0.2) is 0 Å². The Labute approximate surface area is 89.7 Å². The van der Waals surface area contributed by atoms with Crippen molar-refractivity contribution in [3.8, 4) is 5.75 Å². The summed E-state index contributed by atoms with van der Waals surface area (Å²) < 4.78 is 4.64. The van der Waals surface area contributed by atoms with E-state index in [-0.39, 0.29) is 17.6 Å². The molecule has 0 heterocycles. The summed E-state index contributed by atoms with van der Waals surface area (Å²) in [5, 5.41) is 9.09. The number of hydrogen-bond donors (Lipinski definition) is 1. The highest BCUT2D eigenvalue weighted by Crippen LogP contribution is 2.15. The van der Waals surface area contributed by atoms with Crippen LogP contribution in [0, 0.1) is 19.3 Å². The van der Waals surface area contributed by atoms with E-state index in [4.69, 9.17) is 5.11 Å². The summed E-state index contributed by atoms with van der Waals surface area (Å²) in [6.07, 6.45) is 2.11. The molecule has 0 aromatic heterocycles. The maximum Gasteiger partial charge on any atom is 0.282 e. The molecule has 1 aromatic carbocycles. The Morgan fingerprint density at radius 3 is 2.60 bits per heavy atom. The van der Waals surface area contributed by atoms with Gasteiger partial charge in [0.15, 0.2) is 0 Å². The van der Waals surface area contributed by atoms with Crippen LogP contribution in [0.5, 0.6) is 5.75 Å². The highest BCUT2D eigenvalue weighted by Gasteiger charge is 2.12. The smallest absolute Gasteiger partial charge is 0.282 e. The monoisotopic (exact) mass is 206 g/mol. The lowest BCUT2D eigenvalue weighted by molar-refractivity contribution is -0.144. The Morgan fingerprint density at radius 2 is 2.13 bits per heavy atom. The van der Waals surface area contributed by atoms with Crippen LogP contribution in [0.1, 0.15) is 5.56 Å². The van der Waals surface area contributed by atoms with Crippen LogP contribution in [-0.2, 0) is 16.0 Å². The van der Waals surface area contributed by atoms with E-state index in [0.29, 0.717) is 6.42 Å². The molecule has 0 saturated heterocycles. The average molecular weight is 206 g/mol. The van der Waals surface area contributed by atoms with Crippen LogP contribution >= 0.6 is 0 Å². The van der Waals surface area contributed by atoms with E-state index in [0.717, 1.165) is 5.56 Å². The second-order valence-electron chi connectivity index (χ2n) is 3.24. The number of ether oxygens (including phenoxy) is 1. The van der Waals surface area contributed by atoms with Gasteiger partial charge in [-0.1, -0.05) is 19.1 Å². The first-order chi connectivity index (χ1) is 7.17. The molecule has 0 radical (unpaired) electrons. The van der Waals surface area contributed by atoms with Crippen LogP contribution < -0.4 is 0 Å². The molecule has 15 heavy (non-hydrogen) atoms. The summed E-state index contributed by atoms with van der Waals surface area (Å²) in [6, 6.07) is 6.73. The fourth-order valence-corrected chi connectivity index (χ4v) is 1.30. The molecule has 0 aliphatic heterocycles. The van der Waals surface area contributed by atoms with Crippen molar-refractivity contribution < 1.29 is 14.6 Å². The minimum absolute atomic E-state index is 0.215. The highest BCUT2D eigenvalue weighted by molar-refractivity contribution is 5.74. The molecule has 1 rings (SSSR count). The number of phenols is 1. The standard InChI is InChI=1S/C12H14O3/c1-3-10(12(14)15-2)8-9-4-6-11(13)7-5-9/h3-7,10,13H,1,8H2,2H3/t10-/m0/s1. The zero-order chi connectivity index (χ0) is 11.3. The molecule has 0 unspecified atom stereocenters. The number of rotatable bonds is 4. The second-order valence-corrected chi connectivity index (χ2v) is 3.24. The predicted octanol–water partition coefficient (Wildman–Crippen LogP) is 1.76. The SMILES string of the molecule is [CH2+][CH-][C@@H](Cc1ccc(O)cc1)C(=O)OC. The largest absolute Gasteiger partial charge is 0.508 e. The molecule has 0 spiro atoms. The van der Waals surface area contributed by atoms with Gasteiger partial charge in [0, 0.05) is 0 Å². The molecule has 3 heteroatoms. The summed E-state index contributed by atoms with van der Waals surface area (Å²) >= 11 is 0. The minimum atomic E-state index is -0.334. The Bertz CT molecular complexity index is 316. The third-order valence-electron chi connectivity index (χ3n) is 2.18. The van der Waals surface area contributed by atoms with Gasteiger partial charge in [-0.05, 0) is 30.0 Å². The number of carbonyl (C=O) groups is 1. The minimum Gasteiger partial charge on any atom is -0.508 e. The average Bonchev–Trinajstić information content (AvgIpc) is 2.27. The van der Waals surface area contributed by atoms with Crippen molar-refractivity contribution in [1.29, 1.82) is 0 Å². The third kappa shape index (κ3) is 3.20. The number of aromatic hydroxyl groups is 1. The molecule has 3 nitrogen and oxygen atoms in total. The first kappa shape index (κ1) is 11.4. The lowest BCUT2D eigenvalue weighted by Crippen LogP contribution is -2.18. The van der Waals surface area contributed by atoms with Crippen molar-refractivity contribution in [1.82, 2.24) is 0 Å². The maximum absolute atomic E-state index is 11.3. The van der Waals surface area contributed by atoms with Gasteiger partial charge in [0.05, 0.1) is 7.11 Å². The van der Waals surface area contributed by atoms with Gasteiger partial charge in [-0.15, -0.1) is 6.42 Å². The summed E-state index contributed by atoms with van der Waals surface area (Å²) in [6.45, 7) is 3.59. The van der Waals surface area contributed by atoms with Crippen LogP contribution in [0.15, 0.2) is 24.3 Å². The van der Waals surface area contributed by atoms with Crippen LogP contribution in [0.25, 0.3) is 0 Å². The molecular formula is C12H14O3. The Balaban J connectivity index is 2.66.